The summed E-state index contributed by atoms with van der Waals surface area (Å²) in [5.74, 6) is 1.42. The normalized spacial score (nSPS) is 23.2. The van der Waals surface area contributed by atoms with Gasteiger partial charge in [0.1, 0.15) is 0 Å². The van der Waals surface area contributed by atoms with Gasteiger partial charge in [-0.25, -0.2) is 4.42 Å². The SMILES string of the molecule is COC(=O)CC(CC1CCN(Cl)CC1)C1CNc2ccccc2C1. The van der Waals surface area contributed by atoms with Crippen molar-refractivity contribution < 1.29 is 9.53 Å². The molecular weight excluding hydrogens is 324 g/mol. The number of carbonyl (C=O) groups excluding carboxylic acids is 1. The zero-order valence-corrected chi connectivity index (χ0v) is 15.1. The molecule has 1 fully saturated rings. The van der Waals surface area contributed by atoms with Gasteiger partial charge in [0.2, 0.25) is 0 Å². The predicted molar refractivity (Wildman–Crippen MR) is 97.0 cm³/mol. The Kier molecular flexibility index (Phi) is 6.01. The van der Waals surface area contributed by atoms with Crippen LogP contribution in [0.3, 0.4) is 0 Å². The van der Waals surface area contributed by atoms with Crippen molar-refractivity contribution in [3.05, 3.63) is 29.8 Å². The lowest BCUT2D eigenvalue weighted by molar-refractivity contribution is -0.142. The Morgan fingerprint density at radius 3 is 2.88 bits per heavy atom. The number of methoxy groups -OCH3 is 1. The van der Waals surface area contributed by atoms with Crippen LogP contribution in [0.1, 0.15) is 31.2 Å². The second-order valence-electron chi connectivity index (χ2n) is 7.13. The predicted octanol–water partition coefficient (Wildman–Crippen LogP) is 3.71. The summed E-state index contributed by atoms with van der Waals surface area (Å²) in [5, 5.41) is 3.55. The van der Waals surface area contributed by atoms with Crippen LogP contribution in [0.15, 0.2) is 24.3 Å². The number of hydrogen-bond acceptors (Lipinski definition) is 4. The summed E-state index contributed by atoms with van der Waals surface area (Å²) in [7, 11) is 1.49. The monoisotopic (exact) mass is 350 g/mol. The number of esters is 1. The van der Waals surface area contributed by atoms with E-state index in [0.717, 1.165) is 45.3 Å². The van der Waals surface area contributed by atoms with Gasteiger partial charge in [-0.1, -0.05) is 18.2 Å². The number of ether oxygens (including phenoxy) is 1. The number of carbonyl (C=O) groups is 1. The van der Waals surface area contributed by atoms with Crippen molar-refractivity contribution in [2.45, 2.75) is 32.1 Å². The van der Waals surface area contributed by atoms with E-state index < -0.39 is 0 Å². The molecule has 0 saturated carbocycles. The van der Waals surface area contributed by atoms with E-state index in [0.29, 0.717) is 24.2 Å². The van der Waals surface area contributed by atoms with Crippen molar-refractivity contribution in [3.8, 4) is 0 Å². The summed E-state index contributed by atoms with van der Waals surface area (Å²) in [6, 6.07) is 8.49. The smallest absolute Gasteiger partial charge is 0.305 e. The van der Waals surface area contributed by atoms with E-state index in [1.165, 1.54) is 18.4 Å². The van der Waals surface area contributed by atoms with Crippen molar-refractivity contribution in [3.63, 3.8) is 0 Å². The Labute approximate surface area is 149 Å². The lowest BCUT2D eigenvalue weighted by Gasteiger charge is -2.35. The summed E-state index contributed by atoms with van der Waals surface area (Å²) in [5.41, 5.74) is 2.60. The Balaban J connectivity index is 1.67. The minimum atomic E-state index is -0.0892. The molecule has 2 heterocycles. The van der Waals surface area contributed by atoms with Crippen molar-refractivity contribution in [2.75, 3.05) is 32.1 Å². The zero-order valence-electron chi connectivity index (χ0n) is 14.3. The first-order valence-electron chi connectivity index (χ1n) is 8.95. The van der Waals surface area contributed by atoms with Crippen LogP contribution in [0.5, 0.6) is 0 Å². The fourth-order valence-electron chi connectivity index (χ4n) is 4.10. The molecule has 1 saturated heterocycles. The molecule has 0 bridgehead atoms. The molecule has 0 radical (unpaired) electrons. The number of nitrogens with zero attached hydrogens (tertiary/aromatic N) is 1. The molecule has 0 aromatic heterocycles. The molecule has 3 rings (SSSR count). The second kappa shape index (κ2) is 8.21. The highest BCUT2D eigenvalue weighted by Gasteiger charge is 2.31. The van der Waals surface area contributed by atoms with Crippen molar-refractivity contribution in [1.82, 2.24) is 4.42 Å². The fourth-order valence-corrected chi connectivity index (χ4v) is 4.30. The number of rotatable bonds is 5. The molecule has 2 aliphatic rings. The van der Waals surface area contributed by atoms with Crippen LogP contribution >= 0.6 is 11.8 Å². The first kappa shape index (κ1) is 17.6. The lowest BCUT2D eigenvalue weighted by atomic mass is 9.76. The Morgan fingerprint density at radius 1 is 1.38 bits per heavy atom. The number of para-hydroxylation sites is 1. The van der Waals surface area contributed by atoms with E-state index in [9.17, 15) is 4.79 Å². The number of fused-ring (bicyclic) bond motifs is 1. The highest BCUT2D eigenvalue weighted by Crippen LogP contribution is 2.35. The van der Waals surface area contributed by atoms with Crippen LogP contribution in [0.25, 0.3) is 0 Å². The molecule has 5 heteroatoms. The number of anilines is 1. The third-order valence-electron chi connectivity index (χ3n) is 5.57. The Morgan fingerprint density at radius 2 is 2.12 bits per heavy atom. The minimum Gasteiger partial charge on any atom is -0.469 e. The molecule has 132 valence electrons. The number of hydrogen-bond donors (Lipinski definition) is 1. The minimum absolute atomic E-state index is 0.0892. The number of nitrogens with one attached hydrogen (secondary N) is 1. The maximum atomic E-state index is 11.9. The van der Waals surface area contributed by atoms with Crippen molar-refractivity contribution in [1.29, 1.82) is 0 Å². The van der Waals surface area contributed by atoms with Gasteiger partial charge in [-0.2, -0.15) is 0 Å². The van der Waals surface area contributed by atoms with Crippen molar-refractivity contribution >= 4 is 23.4 Å². The van der Waals surface area contributed by atoms with E-state index in [4.69, 9.17) is 16.5 Å². The average Bonchev–Trinajstić information content (AvgIpc) is 2.62. The van der Waals surface area contributed by atoms with Gasteiger partial charge in [-0.05, 0) is 66.8 Å². The molecule has 0 amide bonds. The summed E-state index contributed by atoms with van der Waals surface area (Å²) < 4.78 is 6.84. The third-order valence-corrected chi connectivity index (χ3v) is 5.91. The first-order valence-corrected chi connectivity index (χ1v) is 9.29. The van der Waals surface area contributed by atoms with Crippen LogP contribution in [0.2, 0.25) is 0 Å². The lowest BCUT2D eigenvalue weighted by Crippen LogP contribution is -2.34. The van der Waals surface area contributed by atoms with E-state index >= 15 is 0 Å². The molecule has 1 aromatic carbocycles. The number of halogens is 1. The highest BCUT2D eigenvalue weighted by molar-refractivity contribution is 6.13. The Hall–Kier alpha value is -1.26. The molecule has 1 N–H and O–H groups in total. The largest absolute Gasteiger partial charge is 0.469 e. The molecule has 24 heavy (non-hydrogen) atoms. The molecule has 0 spiro atoms. The van der Waals surface area contributed by atoms with Crippen LogP contribution in [0.4, 0.5) is 5.69 Å². The van der Waals surface area contributed by atoms with Crippen molar-refractivity contribution in [2.24, 2.45) is 17.8 Å². The maximum absolute atomic E-state index is 11.9. The van der Waals surface area contributed by atoms with Gasteiger partial charge < -0.3 is 10.1 Å². The molecule has 2 unspecified atom stereocenters. The van der Waals surface area contributed by atoms with Gasteiger partial charge in [0.25, 0.3) is 0 Å². The first-order chi connectivity index (χ1) is 11.7. The Bertz CT molecular complexity index is 558. The summed E-state index contributed by atoms with van der Waals surface area (Å²) >= 11 is 6.08. The molecule has 2 atom stereocenters. The van der Waals surface area contributed by atoms with E-state index in [-0.39, 0.29) is 5.97 Å². The fraction of sp³-hybridized carbons (Fsp3) is 0.632. The van der Waals surface area contributed by atoms with E-state index in [1.54, 1.807) is 0 Å². The zero-order chi connectivity index (χ0) is 16.9. The molecule has 2 aliphatic heterocycles. The van der Waals surface area contributed by atoms with Crippen LogP contribution in [0, 0.1) is 17.8 Å². The van der Waals surface area contributed by atoms with Gasteiger partial charge in [0, 0.05) is 31.7 Å². The maximum Gasteiger partial charge on any atom is 0.305 e. The van der Waals surface area contributed by atoms with Gasteiger partial charge in [0.05, 0.1) is 7.11 Å². The summed E-state index contributed by atoms with van der Waals surface area (Å²) in [6.45, 7) is 2.83. The van der Waals surface area contributed by atoms with Crippen LogP contribution in [-0.2, 0) is 16.0 Å². The van der Waals surface area contributed by atoms with Crippen LogP contribution in [-0.4, -0.2) is 37.1 Å². The number of benzene rings is 1. The summed E-state index contributed by atoms with van der Waals surface area (Å²) in [6.07, 6.45) is 4.90. The number of piperidine rings is 1. The quantitative estimate of drug-likeness (QED) is 0.649. The van der Waals surface area contributed by atoms with Crippen LogP contribution < -0.4 is 5.32 Å². The topological polar surface area (TPSA) is 41.6 Å². The highest BCUT2D eigenvalue weighted by atomic mass is 35.5. The summed E-state index contributed by atoms with van der Waals surface area (Å²) in [4.78, 5) is 11.9. The van der Waals surface area contributed by atoms with Gasteiger partial charge >= 0.3 is 5.97 Å². The molecular formula is C19H27ClN2O2. The van der Waals surface area contributed by atoms with Gasteiger partial charge in [-0.15, -0.1) is 0 Å². The van der Waals surface area contributed by atoms with Gasteiger partial charge in [0.15, 0.2) is 0 Å². The average molecular weight is 351 g/mol. The van der Waals surface area contributed by atoms with E-state index in [1.807, 2.05) is 4.42 Å². The van der Waals surface area contributed by atoms with Gasteiger partial charge in [-0.3, -0.25) is 4.79 Å². The molecule has 1 aromatic rings. The third kappa shape index (κ3) is 4.42. The second-order valence-corrected chi connectivity index (χ2v) is 7.61. The molecule has 4 nitrogen and oxygen atoms in total. The van der Waals surface area contributed by atoms with E-state index in [2.05, 4.69) is 29.6 Å². The standard InChI is InChI=1S/C19H27ClN2O2/c1-24-19(23)12-16(10-14-6-8-22(20)9-7-14)17-11-15-4-2-3-5-18(15)21-13-17/h2-5,14,16-17,21H,6-13H2,1H3. The molecule has 0 aliphatic carbocycles.